The third-order valence-electron chi connectivity index (χ3n) is 4.27. The lowest BCUT2D eigenvalue weighted by Gasteiger charge is -2.57. The Morgan fingerprint density at radius 1 is 1.40 bits per heavy atom. The summed E-state index contributed by atoms with van der Waals surface area (Å²) in [6.07, 6.45) is 6.43. The smallest absolute Gasteiger partial charge is 0.303 e. The first-order valence-corrected chi connectivity index (χ1v) is 5.60. The Balaban J connectivity index is 0.00000112. The highest BCUT2D eigenvalue weighted by molar-refractivity contribution is 5.85. The summed E-state index contributed by atoms with van der Waals surface area (Å²) in [5.41, 5.74) is 5.72. The van der Waals surface area contributed by atoms with Crippen LogP contribution in [0.5, 0.6) is 0 Å². The molecule has 3 nitrogen and oxygen atoms in total. The van der Waals surface area contributed by atoms with E-state index in [1.54, 1.807) is 0 Å². The second-order valence-corrected chi connectivity index (χ2v) is 4.99. The first-order valence-electron chi connectivity index (χ1n) is 5.60. The van der Waals surface area contributed by atoms with Gasteiger partial charge in [0.2, 0.25) is 0 Å². The Morgan fingerprint density at radius 3 is 2.60 bits per heavy atom. The second-order valence-electron chi connectivity index (χ2n) is 4.99. The third kappa shape index (κ3) is 2.13. The van der Waals surface area contributed by atoms with Crippen molar-refractivity contribution in [2.45, 2.75) is 38.5 Å². The standard InChI is InChI=1S/C11H19NO2.ClH/c12-7-11(6-10(13)14)5-8-3-1-2-4-9(8)11;/h8-9H,1-7,12H2,(H,13,14);1H/t8-,9-,11-;/m0./s1. The highest BCUT2D eigenvalue weighted by Gasteiger charge is 2.53. The molecule has 0 aromatic carbocycles. The molecule has 0 heterocycles. The molecule has 0 unspecified atom stereocenters. The van der Waals surface area contributed by atoms with Gasteiger partial charge in [0.05, 0.1) is 6.42 Å². The van der Waals surface area contributed by atoms with Crippen molar-refractivity contribution in [1.82, 2.24) is 0 Å². The molecule has 2 rings (SSSR count). The van der Waals surface area contributed by atoms with Crippen molar-refractivity contribution in [2.24, 2.45) is 23.0 Å². The predicted octanol–water partition coefficient (Wildman–Crippen LogP) is 2.04. The SMILES string of the molecule is Cl.NC[C@@]1(CC(=O)O)C[C@@H]2CCCC[C@@H]21. The molecule has 88 valence electrons. The molecule has 0 radical (unpaired) electrons. The van der Waals surface area contributed by atoms with Gasteiger partial charge in [0, 0.05) is 0 Å². The van der Waals surface area contributed by atoms with Crippen molar-refractivity contribution in [1.29, 1.82) is 0 Å². The van der Waals surface area contributed by atoms with E-state index >= 15 is 0 Å². The predicted molar refractivity (Wildman–Crippen MR) is 61.1 cm³/mol. The van der Waals surface area contributed by atoms with Gasteiger partial charge in [-0.05, 0) is 36.6 Å². The lowest BCUT2D eigenvalue weighted by molar-refractivity contribution is -0.148. The van der Waals surface area contributed by atoms with Crippen molar-refractivity contribution in [3.05, 3.63) is 0 Å². The molecule has 0 bridgehead atoms. The van der Waals surface area contributed by atoms with Gasteiger partial charge in [-0.25, -0.2) is 0 Å². The number of hydrogen-bond acceptors (Lipinski definition) is 2. The van der Waals surface area contributed by atoms with Crippen molar-refractivity contribution >= 4 is 18.4 Å². The minimum atomic E-state index is -0.681. The molecule has 3 N–H and O–H groups in total. The summed E-state index contributed by atoms with van der Waals surface area (Å²) in [5.74, 6) is 0.712. The largest absolute Gasteiger partial charge is 0.481 e. The van der Waals surface area contributed by atoms with E-state index in [2.05, 4.69) is 0 Å². The first-order chi connectivity index (χ1) is 6.68. The fourth-order valence-electron chi connectivity index (χ4n) is 3.58. The maximum atomic E-state index is 10.8. The van der Waals surface area contributed by atoms with E-state index in [4.69, 9.17) is 10.8 Å². The van der Waals surface area contributed by atoms with Crippen LogP contribution in [0.1, 0.15) is 38.5 Å². The van der Waals surface area contributed by atoms with Crippen molar-refractivity contribution in [3.63, 3.8) is 0 Å². The third-order valence-corrected chi connectivity index (χ3v) is 4.27. The molecule has 2 aliphatic carbocycles. The summed E-state index contributed by atoms with van der Waals surface area (Å²) in [6, 6.07) is 0. The average Bonchev–Trinajstić information content (AvgIpc) is 2.13. The van der Waals surface area contributed by atoms with Gasteiger partial charge in [-0.2, -0.15) is 0 Å². The second kappa shape index (κ2) is 4.71. The Kier molecular flexibility index (Phi) is 4.01. The fourth-order valence-corrected chi connectivity index (χ4v) is 3.58. The maximum absolute atomic E-state index is 10.8. The minimum absolute atomic E-state index is 0. The van der Waals surface area contributed by atoms with E-state index in [1.807, 2.05) is 0 Å². The molecule has 0 aromatic rings. The van der Waals surface area contributed by atoms with Gasteiger partial charge in [0.15, 0.2) is 0 Å². The van der Waals surface area contributed by atoms with Gasteiger partial charge in [-0.1, -0.05) is 19.3 Å². The molecule has 15 heavy (non-hydrogen) atoms. The quantitative estimate of drug-likeness (QED) is 0.784. The number of carboxylic acids is 1. The highest BCUT2D eigenvalue weighted by Crippen LogP contribution is 2.58. The number of halogens is 1. The number of carboxylic acid groups (broad SMARTS) is 1. The van der Waals surface area contributed by atoms with Crippen molar-refractivity contribution in [3.8, 4) is 0 Å². The van der Waals surface area contributed by atoms with Gasteiger partial charge >= 0.3 is 5.97 Å². The molecule has 0 aliphatic heterocycles. The normalized spacial score (nSPS) is 38.5. The van der Waals surface area contributed by atoms with E-state index in [9.17, 15) is 4.79 Å². The van der Waals surface area contributed by atoms with Crippen molar-refractivity contribution < 1.29 is 9.90 Å². The molecule has 2 aliphatic rings. The van der Waals surface area contributed by atoms with Gasteiger partial charge in [-0.15, -0.1) is 12.4 Å². The molecule has 2 saturated carbocycles. The summed E-state index contributed by atoms with van der Waals surface area (Å²) >= 11 is 0. The van der Waals surface area contributed by atoms with Crippen LogP contribution < -0.4 is 5.73 Å². The Bertz CT molecular complexity index is 247. The molecule has 0 amide bonds. The van der Waals surface area contributed by atoms with Crippen LogP contribution in [0.15, 0.2) is 0 Å². The summed E-state index contributed by atoms with van der Waals surface area (Å²) < 4.78 is 0. The van der Waals surface area contributed by atoms with E-state index in [0.717, 1.165) is 12.3 Å². The number of carbonyl (C=O) groups is 1. The van der Waals surface area contributed by atoms with Gasteiger partial charge in [0.25, 0.3) is 0 Å². The minimum Gasteiger partial charge on any atom is -0.481 e. The van der Waals surface area contributed by atoms with Crippen LogP contribution in [0.25, 0.3) is 0 Å². The lowest BCUT2D eigenvalue weighted by Crippen LogP contribution is -2.54. The fraction of sp³-hybridized carbons (Fsp3) is 0.909. The summed E-state index contributed by atoms with van der Waals surface area (Å²) in [5, 5.41) is 8.88. The van der Waals surface area contributed by atoms with Crippen LogP contribution in [0.4, 0.5) is 0 Å². The Morgan fingerprint density at radius 2 is 2.07 bits per heavy atom. The molecule has 0 aromatic heterocycles. The van der Waals surface area contributed by atoms with E-state index in [-0.39, 0.29) is 24.2 Å². The van der Waals surface area contributed by atoms with E-state index < -0.39 is 5.97 Å². The molecule has 4 heteroatoms. The summed E-state index contributed by atoms with van der Waals surface area (Å²) in [7, 11) is 0. The van der Waals surface area contributed by atoms with E-state index in [0.29, 0.717) is 12.5 Å². The number of aliphatic carboxylic acids is 1. The Hall–Kier alpha value is -0.280. The molecule has 0 saturated heterocycles. The summed E-state index contributed by atoms with van der Waals surface area (Å²) in [6.45, 7) is 0.556. The zero-order valence-electron chi connectivity index (χ0n) is 8.95. The number of fused-ring (bicyclic) bond motifs is 1. The monoisotopic (exact) mass is 233 g/mol. The van der Waals surface area contributed by atoms with Gasteiger partial charge in [0.1, 0.15) is 0 Å². The van der Waals surface area contributed by atoms with Gasteiger partial charge < -0.3 is 10.8 Å². The molecular weight excluding hydrogens is 214 g/mol. The average molecular weight is 234 g/mol. The molecule has 0 spiro atoms. The lowest BCUT2D eigenvalue weighted by atomic mass is 9.48. The zero-order chi connectivity index (χ0) is 10.2. The zero-order valence-corrected chi connectivity index (χ0v) is 9.76. The van der Waals surface area contributed by atoms with Gasteiger partial charge in [-0.3, -0.25) is 4.79 Å². The number of hydrogen-bond donors (Lipinski definition) is 2. The van der Waals surface area contributed by atoms with Crippen LogP contribution in [0.2, 0.25) is 0 Å². The topological polar surface area (TPSA) is 63.3 Å². The summed E-state index contributed by atoms with van der Waals surface area (Å²) in [4.78, 5) is 10.8. The van der Waals surface area contributed by atoms with Crippen LogP contribution in [-0.4, -0.2) is 17.6 Å². The maximum Gasteiger partial charge on any atom is 0.303 e. The van der Waals surface area contributed by atoms with Crippen LogP contribution >= 0.6 is 12.4 Å². The molecule has 2 fully saturated rings. The van der Waals surface area contributed by atoms with E-state index in [1.165, 1.54) is 25.7 Å². The molecule has 3 atom stereocenters. The number of rotatable bonds is 3. The van der Waals surface area contributed by atoms with Crippen LogP contribution in [0, 0.1) is 17.3 Å². The highest BCUT2D eigenvalue weighted by atomic mass is 35.5. The van der Waals surface area contributed by atoms with Crippen molar-refractivity contribution in [2.75, 3.05) is 6.54 Å². The Labute approximate surface area is 96.8 Å². The molecular formula is C11H20ClNO2. The first kappa shape index (κ1) is 12.8. The van der Waals surface area contributed by atoms with Crippen LogP contribution in [-0.2, 0) is 4.79 Å². The van der Waals surface area contributed by atoms with Crippen LogP contribution in [0.3, 0.4) is 0 Å². The number of nitrogens with two attached hydrogens (primary N) is 1.